The molecule has 0 aliphatic carbocycles. The van der Waals surface area contributed by atoms with Crippen LogP contribution >= 0.6 is 12.4 Å². The van der Waals surface area contributed by atoms with Gasteiger partial charge in [-0.2, -0.15) is 0 Å². The van der Waals surface area contributed by atoms with Crippen molar-refractivity contribution in [1.29, 1.82) is 0 Å². The van der Waals surface area contributed by atoms with Crippen LogP contribution in [-0.4, -0.2) is 13.1 Å². The first kappa shape index (κ1) is 13.4. The van der Waals surface area contributed by atoms with Gasteiger partial charge in [-0.05, 0) is 13.3 Å². The molecule has 67 valence electrons. The molecule has 0 rings (SSSR count). The fourth-order valence-electron chi connectivity index (χ4n) is 0.735. The normalized spacial score (nSPS) is 11.5. The number of esters is 1. The van der Waals surface area contributed by atoms with Crippen LogP contribution in [-0.2, 0) is 9.53 Å². The van der Waals surface area contributed by atoms with E-state index in [1.807, 2.05) is 0 Å². The summed E-state index contributed by atoms with van der Waals surface area (Å²) in [6.07, 6.45) is 2.98. The number of rotatable bonds is 4. The highest BCUT2D eigenvalue weighted by atomic mass is 35.5. The Morgan fingerprint density at radius 3 is 2.55 bits per heavy atom. The second-order valence-corrected chi connectivity index (χ2v) is 2.36. The molecule has 0 amide bonds. The molecule has 2 nitrogen and oxygen atoms in total. The number of carbonyl (C=O) groups is 1. The third kappa shape index (κ3) is 6.17. The second-order valence-electron chi connectivity index (χ2n) is 2.36. The van der Waals surface area contributed by atoms with Gasteiger partial charge in [0.05, 0.1) is 13.0 Å². The van der Waals surface area contributed by atoms with Crippen molar-refractivity contribution in [2.75, 3.05) is 7.11 Å². The van der Waals surface area contributed by atoms with E-state index in [0.29, 0.717) is 0 Å². The maximum Gasteiger partial charge on any atom is 0.308 e. The fourth-order valence-corrected chi connectivity index (χ4v) is 0.735. The van der Waals surface area contributed by atoms with E-state index >= 15 is 0 Å². The summed E-state index contributed by atoms with van der Waals surface area (Å²) in [7, 11) is 1.40. The van der Waals surface area contributed by atoms with Crippen LogP contribution in [0.25, 0.3) is 0 Å². The number of ether oxygens (including phenoxy) is 1. The lowest BCUT2D eigenvalue weighted by molar-refractivity contribution is -0.144. The van der Waals surface area contributed by atoms with E-state index in [0.717, 1.165) is 19.3 Å². The zero-order valence-corrected chi connectivity index (χ0v) is 7.95. The SMILES string of the molecule is Cl.[CH2]C(CCCC)C(=O)OC. The average molecular weight is 180 g/mol. The Bertz CT molecular complexity index is 104. The molecular weight excluding hydrogens is 164 g/mol. The highest BCUT2D eigenvalue weighted by Gasteiger charge is 2.11. The van der Waals surface area contributed by atoms with Crippen molar-refractivity contribution in [3.63, 3.8) is 0 Å². The highest BCUT2D eigenvalue weighted by Crippen LogP contribution is 2.07. The van der Waals surface area contributed by atoms with Crippen LogP contribution in [0.1, 0.15) is 26.2 Å². The van der Waals surface area contributed by atoms with Crippen molar-refractivity contribution in [3.05, 3.63) is 6.92 Å². The quantitative estimate of drug-likeness (QED) is 0.619. The molecule has 0 saturated carbocycles. The Hall–Kier alpha value is -0.240. The molecule has 0 aromatic rings. The summed E-state index contributed by atoms with van der Waals surface area (Å²) in [5.41, 5.74) is 0. The smallest absolute Gasteiger partial charge is 0.308 e. The fraction of sp³-hybridized carbons (Fsp3) is 0.750. The van der Waals surface area contributed by atoms with Gasteiger partial charge in [0.1, 0.15) is 0 Å². The Kier molecular flexibility index (Phi) is 9.55. The minimum atomic E-state index is -0.201. The van der Waals surface area contributed by atoms with Crippen LogP contribution in [0.2, 0.25) is 0 Å². The van der Waals surface area contributed by atoms with E-state index in [1.165, 1.54) is 7.11 Å². The topological polar surface area (TPSA) is 26.3 Å². The van der Waals surface area contributed by atoms with Crippen molar-refractivity contribution in [2.24, 2.45) is 5.92 Å². The minimum Gasteiger partial charge on any atom is -0.469 e. The zero-order chi connectivity index (χ0) is 7.98. The lowest BCUT2D eigenvalue weighted by atomic mass is 10.1. The van der Waals surface area contributed by atoms with Crippen LogP contribution in [0.4, 0.5) is 0 Å². The molecule has 1 radical (unpaired) electrons. The summed E-state index contributed by atoms with van der Waals surface area (Å²) in [5.74, 6) is -0.376. The van der Waals surface area contributed by atoms with Gasteiger partial charge in [-0.1, -0.05) is 19.8 Å². The lowest BCUT2D eigenvalue weighted by Crippen LogP contribution is -2.12. The number of methoxy groups -OCH3 is 1. The van der Waals surface area contributed by atoms with Crippen LogP contribution < -0.4 is 0 Å². The third-order valence-electron chi connectivity index (χ3n) is 1.44. The van der Waals surface area contributed by atoms with Gasteiger partial charge in [0.15, 0.2) is 0 Å². The molecule has 1 atom stereocenters. The predicted octanol–water partition coefficient (Wildman–Crippen LogP) is 2.22. The molecule has 0 heterocycles. The van der Waals surface area contributed by atoms with Gasteiger partial charge in [-0.3, -0.25) is 4.79 Å². The van der Waals surface area contributed by atoms with E-state index in [1.54, 1.807) is 0 Å². The summed E-state index contributed by atoms with van der Waals surface area (Å²) in [6.45, 7) is 5.76. The van der Waals surface area contributed by atoms with Gasteiger partial charge >= 0.3 is 5.97 Å². The van der Waals surface area contributed by atoms with Crippen molar-refractivity contribution >= 4 is 18.4 Å². The maximum absolute atomic E-state index is 10.7. The van der Waals surface area contributed by atoms with Crippen molar-refractivity contribution < 1.29 is 9.53 Å². The van der Waals surface area contributed by atoms with Crippen molar-refractivity contribution in [2.45, 2.75) is 26.2 Å². The molecule has 0 fully saturated rings. The number of carbonyl (C=O) groups excluding carboxylic acids is 1. The van der Waals surface area contributed by atoms with E-state index < -0.39 is 0 Å². The third-order valence-corrected chi connectivity index (χ3v) is 1.44. The molecule has 0 aliphatic heterocycles. The molecular formula is C8H16ClO2. The van der Waals surface area contributed by atoms with Crippen molar-refractivity contribution in [3.8, 4) is 0 Å². The standard InChI is InChI=1S/C8H15O2.ClH/c1-4-5-6-7(2)8(9)10-3;/h7H,2,4-6H2,1,3H3;1H. The van der Waals surface area contributed by atoms with E-state index in [4.69, 9.17) is 0 Å². The monoisotopic (exact) mass is 179 g/mol. The largest absolute Gasteiger partial charge is 0.469 e. The number of hydrogen-bond acceptors (Lipinski definition) is 2. The van der Waals surface area contributed by atoms with Crippen LogP contribution in [0, 0.1) is 12.8 Å². The van der Waals surface area contributed by atoms with Gasteiger partial charge in [0.2, 0.25) is 0 Å². The van der Waals surface area contributed by atoms with Crippen LogP contribution in [0.5, 0.6) is 0 Å². The molecule has 11 heavy (non-hydrogen) atoms. The minimum absolute atomic E-state index is 0. The summed E-state index contributed by atoms with van der Waals surface area (Å²) < 4.78 is 4.51. The van der Waals surface area contributed by atoms with E-state index in [9.17, 15) is 4.79 Å². The molecule has 0 N–H and O–H groups in total. The van der Waals surface area contributed by atoms with Gasteiger partial charge in [0.25, 0.3) is 0 Å². The molecule has 0 aromatic carbocycles. The Morgan fingerprint density at radius 1 is 1.64 bits per heavy atom. The van der Waals surface area contributed by atoms with E-state index in [2.05, 4.69) is 18.6 Å². The van der Waals surface area contributed by atoms with Gasteiger partial charge < -0.3 is 4.74 Å². The first-order valence-electron chi connectivity index (χ1n) is 3.63. The number of unbranched alkanes of at least 4 members (excludes halogenated alkanes) is 1. The molecule has 0 aliphatic rings. The summed E-state index contributed by atoms with van der Waals surface area (Å²) in [4.78, 5) is 10.7. The van der Waals surface area contributed by atoms with Gasteiger partial charge in [0, 0.05) is 0 Å². The van der Waals surface area contributed by atoms with Gasteiger partial charge in [-0.15, -0.1) is 12.4 Å². The second kappa shape index (κ2) is 7.86. The predicted molar refractivity (Wildman–Crippen MR) is 47.6 cm³/mol. The average Bonchev–Trinajstić information content (AvgIpc) is 1.98. The molecule has 0 bridgehead atoms. The van der Waals surface area contributed by atoms with Crippen LogP contribution in [0.15, 0.2) is 0 Å². The van der Waals surface area contributed by atoms with Crippen LogP contribution in [0.3, 0.4) is 0 Å². The molecule has 0 aromatic heterocycles. The Balaban J connectivity index is 0. The molecule has 1 unspecified atom stereocenters. The lowest BCUT2D eigenvalue weighted by Gasteiger charge is -2.06. The van der Waals surface area contributed by atoms with E-state index in [-0.39, 0.29) is 24.3 Å². The first-order chi connectivity index (χ1) is 4.72. The molecule has 0 saturated heterocycles. The molecule has 3 heteroatoms. The first-order valence-corrected chi connectivity index (χ1v) is 3.63. The summed E-state index contributed by atoms with van der Waals surface area (Å²) in [5, 5.41) is 0. The number of halogens is 1. The maximum atomic E-state index is 10.7. The molecule has 0 spiro atoms. The van der Waals surface area contributed by atoms with Gasteiger partial charge in [-0.25, -0.2) is 0 Å². The number of hydrogen-bond donors (Lipinski definition) is 0. The highest BCUT2D eigenvalue weighted by molar-refractivity contribution is 5.85. The Labute approximate surface area is 74.7 Å². The summed E-state index contributed by atoms with van der Waals surface area (Å²) in [6, 6.07) is 0. The Morgan fingerprint density at radius 2 is 2.18 bits per heavy atom. The van der Waals surface area contributed by atoms with Crippen molar-refractivity contribution in [1.82, 2.24) is 0 Å². The zero-order valence-electron chi connectivity index (χ0n) is 7.13. The summed E-state index contributed by atoms with van der Waals surface area (Å²) >= 11 is 0.